The Morgan fingerprint density at radius 3 is 2.81 bits per heavy atom. The summed E-state index contributed by atoms with van der Waals surface area (Å²) in [5.41, 5.74) is 2.63. The molecule has 0 bridgehead atoms. The number of rotatable bonds is 3. The molecule has 3 rings (SSSR count). The van der Waals surface area contributed by atoms with Gasteiger partial charge in [-0.1, -0.05) is 37.1 Å². The molecule has 6 heteroatoms. The van der Waals surface area contributed by atoms with E-state index < -0.39 is 0 Å². The third-order valence-corrected chi connectivity index (χ3v) is 4.85. The van der Waals surface area contributed by atoms with Gasteiger partial charge in [-0.2, -0.15) is 9.61 Å². The normalized spacial score (nSPS) is 17.0. The van der Waals surface area contributed by atoms with E-state index in [0.29, 0.717) is 11.1 Å². The lowest BCUT2D eigenvalue weighted by Crippen LogP contribution is -2.19. The first kappa shape index (κ1) is 14.4. The van der Waals surface area contributed by atoms with E-state index in [4.69, 9.17) is 0 Å². The van der Waals surface area contributed by atoms with E-state index in [1.54, 1.807) is 0 Å². The van der Waals surface area contributed by atoms with Gasteiger partial charge in [0.05, 0.1) is 5.69 Å². The number of allylic oxidation sites excluding steroid dienone is 1. The molecule has 2 aromatic rings. The van der Waals surface area contributed by atoms with Gasteiger partial charge in [0.15, 0.2) is 10.8 Å². The van der Waals surface area contributed by atoms with E-state index in [0.717, 1.165) is 11.3 Å². The molecule has 21 heavy (non-hydrogen) atoms. The first-order valence-electron chi connectivity index (χ1n) is 7.48. The van der Waals surface area contributed by atoms with Crippen molar-refractivity contribution in [2.24, 2.45) is 0 Å². The third kappa shape index (κ3) is 2.77. The number of fused-ring (bicyclic) bond motifs is 1. The molecule has 0 atom stereocenters. The molecule has 0 unspecified atom stereocenters. The first-order chi connectivity index (χ1) is 10.2. The van der Waals surface area contributed by atoms with Crippen LogP contribution in [0.1, 0.15) is 56.2 Å². The summed E-state index contributed by atoms with van der Waals surface area (Å²) in [5.74, 6) is 0.491. The summed E-state index contributed by atoms with van der Waals surface area (Å²) in [6, 6.07) is 0. The highest BCUT2D eigenvalue weighted by Crippen LogP contribution is 2.35. The number of aromatic nitrogens is 4. The Hall–Kier alpha value is -1.56. The fourth-order valence-corrected chi connectivity index (χ4v) is 3.65. The van der Waals surface area contributed by atoms with E-state index in [-0.39, 0.29) is 5.69 Å². The van der Waals surface area contributed by atoms with Crippen LogP contribution in [0.25, 0.3) is 5.65 Å². The highest BCUT2D eigenvalue weighted by molar-refractivity contribution is 8.02. The van der Waals surface area contributed by atoms with Crippen LogP contribution in [-0.4, -0.2) is 19.6 Å². The Labute approximate surface area is 127 Å². The molecule has 2 heterocycles. The van der Waals surface area contributed by atoms with Crippen LogP contribution in [-0.2, 0) is 0 Å². The van der Waals surface area contributed by atoms with Crippen molar-refractivity contribution in [1.29, 1.82) is 0 Å². The van der Waals surface area contributed by atoms with Crippen LogP contribution in [0.15, 0.2) is 21.4 Å². The van der Waals surface area contributed by atoms with Crippen LogP contribution < -0.4 is 5.69 Å². The summed E-state index contributed by atoms with van der Waals surface area (Å²) < 4.78 is 1.42. The van der Waals surface area contributed by atoms with E-state index in [1.807, 2.05) is 25.3 Å². The lowest BCUT2D eigenvalue weighted by atomic mass is 9.84. The molecule has 0 aliphatic heterocycles. The van der Waals surface area contributed by atoms with Gasteiger partial charge < -0.3 is 0 Å². The molecule has 1 aliphatic carbocycles. The van der Waals surface area contributed by atoms with Gasteiger partial charge in [-0.3, -0.25) is 4.98 Å². The minimum absolute atomic E-state index is 0.211. The summed E-state index contributed by atoms with van der Waals surface area (Å²) in [6.45, 7) is 3.93. The molecular weight excluding hydrogens is 284 g/mol. The van der Waals surface area contributed by atoms with Crippen molar-refractivity contribution in [3.05, 3.63) is 33.2 Å². The molecule has 112 valence electrons. The topological polar surface area (TPSA) is 63.1 Å². The zero-order valence-electron chi connectivity index (χ0n) is 12.4. The fraction of sp³-hybridized carbons (Fsp3) is 0.533. The Morgan fingerprint density at radius 1 is 1.33 bits per heavy atom. The second-order valence-corrected chi connectivity index (χ2v) is 6.40. The number of nitrogens with one attached hydrogen (secondary N) is 1. The zero-order chi connectivity index (χ0) is 14.8. The van der Waals surface area contributed by atoms with E-state index in [1.165, 1.54) is 53.9 Å². The SMILES string of the molecule is C/C=C\Sc1nc2c(C3CCCCC3)c(C)nn2c(=O)[nH]1. The second-order valence-electron chi connectivity index (χ2n) is 5.50. The quantitative estimate of drug-likeness (QED) is 0.883. The van der Waals surface area contributed by atoms with Gasteiger partial charge in [-0.15, -0.1) is 0 Å². The number of thioether (sulfide) groups is 1. The van der Waals surface area contributed by atoms with E-state index in [2.05, 4.69) is 15.1 Å². The molecule has 0 amide bonds. The summed E-state index contributed by atoms with van der Waals surface area (Å²) >= 11 is 1.43. The standard InChI is InChI=1S/C15H20N4OS/c1-3-9-21-14-16-13-12(11-7-5-4-6-8-11)10(2)18-19(13)15(20)17-14/h3,9,11H,4-8H2,1-2H3,(H,16,17,20)/b9-3-. The monoisotopic (exact) mass is 304 g/mol. The van der Waals surface area contributed by atoms with Crippen molar-refractivity contribution < 1.29 is 0 Å². The Bertz CT molecular complexity index is 725. The van der Waals surface area contributed by atoms with Gasteiger partial charge in [-0.25, -0.2) is 9.78 Å². The maximum absolute atomic E-state index is 12.2. The summed E-state index contributed by atoms with van der Waals surface area (Å²) in [7, 11) is 0. The molecule has 2 aromatic heterocycles. The molecule has 0 radical (unpaired) electrons. The average molecular weight is 304 g/mol. The van der Waals surface area contributed by atoms with Gasteiger partial charge >= 0.3 is 5.69 Å². The van der Waals surface area contributed by atoms with Crippen molar-refractivity contribution in [2.75, 3.05) is 0 Å². The van der Waals surface area contributed by atoms with Crippen molar-refractivity contribution in [3.8, 4) is 0 Å². The maximum Gasteiger partial charge on any atom is 0.350 e. The third-order valence-electron chi connectivity index (χ3n) is 4.02. The number of aryl methyl sites for hydroxylation is 1. The van der Waals surface area contributed by atoms with Gasteiger partial charge in [0.1, 0.15) is 0 Å². The van der Waals surface area contributed by atoms with E-state index >= 15 is 0 Å². The van der Waals surface area contributed by atoms with Crippen LogP contribution in [0.4, 0.5) is 0 Å². The molecule has 5 nitrogen and oxygen atoms in total. The van der Waals surface area contributed by atoms with Gasteiger partial charge in [-0.05, 0) is 38.0 Å². The van der Waals surface area contributed by atoms with Gasteiger partial charge in [0, 0.05) is 5.56 Å². The highest BCUT2D eigenvalue weighted by atomic mass is 32.2. The smallest absolute Gasteiger partial charge is 0.284 e. The van der Waals surface area contributed by atoms with Crippen LogP contribution in [0.3, 0.4) is 0 Å². The van der Waals surface area contributed by atoms with Crippen LogP contribution >= 0.6 is 11.8 Å². The molecule has 1 N–H and O–H groups in total. The minimum Gasteiger partial charge on any atom is -0.284 e. The number of hydrogen-bond acceptors (Lipinski definition) is 4. The molecule has 1 aliphatic rings. The highest BCUT2D eigenvalue weighted by Gasteiger charge is 2.24. The molecule has 1 fully saturated rings. The van der Waals surface area contributed by atoms with Crippen LogP contribution in [0.2, 0.25) is 0 Å². The predicted molar refractivity (Wildman–Crippen MR) is 84.8 cm³/mol. The first-order valence-corrected chi connectivity index (χ1v) is 8.36. The minimum atomic E-state index is -0.211. The Balaban J connectivity index is 2.12. The second kappa shape index (κ2) is 6.05. The lowest BCUT2D eigenvalue weighted by molar-refractivity contribution is 0.443. The molecule has 0 saturated heterocycles. The molecule has 0 spiro atoms. The summed E-state index contributed by atoms with van der Waals surface area (Å²) in [5, 5.41) is 6.93. The van der Waals surface area contributed by atoms with E-state index in [9.17, 15) is 4.79 Å². The lowest BCUT2D eigenvalue weighted by Gasteiger charge is -2.21. The maximum atomic E-state index is 12.2. The van der Waals surface area contributed by atoms with Crippen molar-refractivity contribution in [2.45, 2.75) is 57.0 Å². The number of nitrogens with zero attached hydrogens (tertiary/aromatic N) is 3. The van der Waals surface area contributed by atoms with Gasteiger partial charge in [0.2, 0.25) is 0 Å². The van der Waals surface area contributed by atoms with Crippen LogP contribution in [0.5, 0.6) is 0 Å². The zero-order valence-corrected chi connectivity index (χ0v) is 13.2. The fourth-order valence-electron chi connectivity index (χ4n) is 3.10. The number of aromatic amines is 1. The summed E-state index contributed by atoms with van der Waals surface area (Å²) in [4.78, 5) is 19.6. The number of hydrogen-bond donors (Lipinski definition) is 1. The van der Waals surface area contributed by atoms with Crippen LogP contribution in [0, 0.1) is 6.92 Å². The molecule has 1 saturated carbocycles. The molecular formula is C15H20N4OS. The molecule has 0 aromatic carbocycles. The van der Waals surface area contributed by atoms with Crippen molar-refractivity contribution in [3.63, 3.8) is 0 Å². The number of H-pyrrole nitrogens is 1. The van der Waals surface area contributed by atoms with Crippen molar-refractivity contribution >= 4 is 17.4 Å². The Kier molecular flexibility index (Phi) is 4.14. The Morgan fingerprint density at radius 2 is 2.10 bits per heavy atom. The van der Waals surface area contributed by atoms with Crippen molar-refractivity contribution in [1.82, 2.24) is 19.6 Å². The average Bonchev–Trinajstić information content (AvgIpc) is 2.83. The predicted octanol–water partition coefficient (Wildman–Crippen LogP) is 3.40. The largest absolute Gasteiger partial charge is 0.350 e. The summed E-state index contributed by atoms with van der Waals surface area (Å²) in [6.07, 6.45) is 8.10. The van der Waals surface area contributed by atoms with Gasteiger partial charge in [0.25, 0.3) is 0 Å².